The number of para-hydroxylation sites is 1. The van der Waals surface area contributed by atoms with E-state index in [9.17, 15) is 9.59 Å². The van der Waals surface area contributed by atoms with Crippen LogP contribution in [0, 0.1) is 0 Å². The van der Waals surface area contributed by atoms with Crippen molar-refractivity contribution >= 4 is 11.6 Å². The third-order valence-corrected chi connectivity index (χ3v) is 4.63. The summed E-state index contributed by atoms with van der Waals surface area (Å²) in [7, 11) is 1.64. The van der Waals surface area contributed by atoms with Crippen molar-refractivity contribution in [1.29, 1.82) is 0 Å². The lowest BCUT2D eigenvalue weighted by atomic mass is 10.0. The number of hydrogen-bond donors (Lipinski definition) is 0. The number of fused-ring (bicyclic) bond motifs is 1. The van der Waals surface area contributed by atoms with E-state index < -0.39 is 0 Å². The summed E-state index contributed by atoms with van der Waals surface area (Å²) in [4.78, 5) is 31.3. The van der Waals surface area contributed by atoms with Crippen molar-refractivity contribution in [2.75, 3.05) is 11.4 Å². The first-order chi connectivity index (χ1) is 12.6. The highest BCUT2D eigenvalue weighted by molar-refractivity contribution is 5.94. The average Bonchev–Trinajstić information content (AvgIpc) is 2.96. The maximum Gasteiger partial charge on any atom is 0.346 e. The van der Waals surface area contributed by atoms with Crippen molar-refractivity contribution in [3.8, 4) is 11.5 Å². The van der Waals surface area contributed by atoms with Crippen LogP contribution in [0.5, 0.6) is 0 Å². The van der Waals surface area contributed by atoms with E-state index in [2.05, 4.69) is 10.1 Å². The lowest BCUT2D eigenvalue weighted by molar-refractivity contribution is -0.119. The lowest BCUT2D eigenvalue weighted by Crippen LogP contribution is -2.40. The molecule has 132 valence electrons. The molecule has 7 nitrogen and oxygen atoms in total. The summed E-state index contributed by atoms with van der Waals surface area (Å²) in [5.41, 5.74) is 2.36. The molecule has 1 aliphatic rings. The zero-order chi connectivity index (χ0) is 18.1. The topological polar surface area (TPSA) is 73.0 Å². The first kappa shape index (κ1) is 16.3. The van der Waals surface area contributed by atoms with Gasteiger partial charge in [0.05, 0.1) is 0 Å². The Morgan fingerprint density at radius 2 is 1.96 bits per heavy atom. The molecule has 0 atom stereocenters. The monoisotopic (exact) mass is 349 g/mol. The van der Waals surface area contributed by atoms with Gasteiger partial charge in [-0.3, -0.25) is 14.3 Å². The quantitative estimate of drug-likeness (QED) is 0.720. The largest absolute Gasteiger partial charge is 0.346 e. The van der Waals surface area contributed by atoms with Gasteiger partial charge in [-0.15, -0.1) is 5.10 Å². The number of anilines is 1. The lowest BCUT2D eigenvalue weighted by Gasteiger charge is -2.29. The summed E-state index contributed by atoms with van der Waals surface area (Å²) in [6.07, 6.45) is 3.53. The van der Waals surface area contributed by atoms with Gasteiger partial charge in [0.2, 0.25) is 5.91 Å². The molecule has 1 amide bonds. The summed E-state index contributed by atoms with van der Waals surface area (Å²) in [5, 5.41) is 4.33. The standard InChI is InChI=1S/C19H19N5O2/c1-22-18(15-9-4-5-11-20-15)21-24(19(22)26)13-17(25)23-12-6-8-14-7-2-3-10-16(14)23/h2-5,7,9-11H,6,8,12-13H2,1H3. The zero-order valence-corrected chi connectivity index (χ0v) is 14.5. The molecule has 3 aromatic rings. The van der Waals surface area contributed by atoms with Crippen LogP contribution in [0.1, 0.15) is 12.0 Å². The Balaban J connectivity index is 1.63. The normalized spacial score (nSPS) is 13.5. The van der Waals surface area contributed by atoms with Gasteiger partial charge in [-0.25, -0.2) is 9.48 Å². The molecule has 1 aliphatic heterocycles. The Morgan fingerprint density at radius 3 is 2.77 bits per heavy atom. The third kappa shape index (κ3) is 2.81. The highest BCUT2D eigenvalue weighted by Crippen LogP contribution is 2.26. The molecule has 2 aromatic heterocycles. The van der Waals surface area contributed by atoms with Gasteiger partial charge in [-0.2, -0.15) is 0 Å². The minimum atomic E-state index is -0.329. The van der Waals surface area contributed by atoms with Crippen molar-refractivity contribution in [2.45, 2.75) is 19.4 Å². The fraction of sp³-hybridized carbons (Fsp3) is 0.263. The van der Waals surface area contributed by atoms with Gasteiger partial charge in [0.25, 0.3) is 0 Å². The highest BCUT2D eigenvalue weighted by Gasteiger charge is 2.24. The average molecular weight is 349 g/mol. The second-order valence-corrected chi connectivity index (χ2v) is 6.32. The van der Waals surface area contributed by atoms with Crippen LogP contribution in [0.3, 0.4) is 0 Å². The van der Waals surface area contributed by atoms with Crippen molar-refractivity contribution in [1.82, 2.24) is 19.3 Å². The third-order valence-electron chi connectivity index (χ3n) is 4.63. The fourth-order valence-corrected chi connectivity index (χ4v) is 3.32. The van der Waals surface area contributed by atoms with Crippen molar-refractivity contribution in [3.63, 3.8) is 0 Å². The molecule has 1 aromatic carbocycles. The van der Waals surface area contributed by atoms with Crippen LogP contribution >= 0.6 is 0 Å². The van der Waals surface area contributed by atoms with E-state index in [1.165, 1.54) is 9.25 Å². The number of pyridine rings is 1. The molecule has 0 aliphatic carbocycles. The summed E-state index contributed by atoms with van der Waals surface area (Å²) in [6, 6.07) is 13.3. The molecule has 0 spiro atoms. The molecule has 0 N–H and O–H groups in total. The zero-order valence-electron chi connectivity index (χ0n) is 14.5. The van der Waals surface area contributed by atoms with Crippen LogP contribution in [-0.2, 0) is 24.8 Å². The molecule has 0 saturated heterocycles. The molecule has 0 radical (unpaired) electrons. The number of carbonyl (C=O) groups excluding carboxylic acids is 1. The van der Waals surface area contributed by atoms with Gasteiger partial charge in [0, 0.05) is 25.5 Å². The van der Waals surface area contributed by atoms with Crippen molar-refractivity contribution in [2.24, 2.45) is 7.05 Å². The summed E-state index contributed by atoms with van der Waals surface area (Å²) in [6.45, 7) is 0.568. The van der Waals surface area contributed by atoms with Crippen LogP contribution in [0.2, 0.25) is 0 Å². The van der Waals surface area contributed by atoms with E-state index in [1.807, 2.05) is 30.3 Å². The molecule has 26 heavy (non-hydrogen) atoms. The fourth-order valence-electron chi connectivity index (χ4n) is 3.32. The van der Waals surface area contributed by atoms with E-state index in [0.29, 0.717) is 18.1 Å². The summed E-state index contributed by atoms with van der Waals surface area (Å²) < 4.78 is 2.63. The van der Waals surface area contributed by atoms with Gasteiger partial charge in [-0.1, -0.05) is 24.3 Å². The smallest absolute Gasteiger partial charge is 0.311 e. The molecule has 0 saturated carbocycles. The number of hydrogen-bond acceptors (Lipinski definition) is 4. The Hall–Kier alpha value is -3.22. The Labute approximate surface area is 150 Å². The maximum absolute atomic E-state index is 12.8. The van der Waals surface area contributed by atoms with E-state index in [-0.39, 0.29) is 18.1 Å². The molecule has 0 bridgehead atoms. The number of rotatable bonds is 3. The number of aryl methyl sites for hydroxylation is 1. The molecule has 0 unspecified atom stereocenters. The Bertz CT molecular complexity index is 1010. The second kappa shape index (κ2) is 6.59. The predicted molar refractivity (Wildman–Crippen MR) is 97.8 cm³/mol. The Kier molecular flexibility index (Phi) is 4.12. The van der Waals surface area contributed by atoms with Gasteiger partial charge < -0.3 is 4.90 Å². The molecule has 3 heterocycles. The van der Waals surface area contributed by atoms with Crippen LogP contribution in [0.4, 0.5) is 5.69 Å². The van der Waals surface area contributed by atoms with Crippen LogP contribution in [-0.4, -0.2) is 31.8 Å². The van der Waals surface area contributed by atoms with E-state index in [4.69, 9.17) is 0 Å². The molecular formula is C19H19N5O2. The second-order valence-electron chi connectivity index (χ2n) is 6.32. The number of nitrogens with zero attached hydrogens (tertiary/aromatic N) is 5. The van der Waals surface area contributed by atoms with Crippen molar-refractivity contribution < 1.29 is 4.79 Å². The van der Waals surface area contributed by atoms with Gasteiger partial charge in [-0.05, 0) is 36.6 Å². The van der Waals surface area contributed by atoms with Crippen LogP contribution in [0.15, 0.2) is 53.5 Å². The Morgan fingerprint density at radius 1 is 1.15 bits per heavy atom. The summed E-state index contributed by atoms with van der Waals surface area (Å²) in [5.74, 6) is 0.312. The summed E-state index contributed by atoms with van der Waals surface area (Å²) >= 11 is 0. The maximum atomic E-state index is 12.8. The van der Waals surface area contributed by atoms with Crippen LogP contribution < -0.4 is 10.6 Å². The number of amides is 1. The first-order valence-corrected chi connectivity index (χ1v) is 8.58. The van der Waals surface area contributed by atoms with Gasteiger partial charge in [0.1, 0.15) is 12.2 Å². The van der Waals surface area contributed by atoms with E-state index in [0.717, 1.165) is 24.1 Å². The van der Waals surface area contributed by atoms with E-state index in [1.54, 1.807) is 30.3 Å². The van der Waals surface area contributed by atoms with Gasteiger partial charge in [0.15, 0.2) is 5.82 Å². The molecule has 0 fully saturated rings. The van der Waals surface area contributed by atoms with Gasteiger partial charge >= 0.3 is 5.69 Å². The first-order valence-electron chi connectivity index (χ1n) is 8.58. The molecule has 4 rings (SSSR count). The van der Waals surface area contributed by atoms with E-state index >= 15 is 0 Å². The van der Waals surface area contributed by atoms with Crippen molar-refractivity contribution in [3.05, 3.63) is 64.7 Å². The number of aromatic nitrogens is 4. The minimum Gasteiger partial charge on any atom is -0.311 e. The molecular weight excluding hydrogens is 330 g/mol. The predicted octanol–water partition coefficient (Wildman–Crippen LogP) is 1.62. The SMILES string of the molecule is Cn1c(-c2ccccn2)nn(CC(=O)N2CCCc3ccccc32)c1=O. The number of benzene rings is 1. The molecule has 7 heteroatoms. The van der Waals surface area contributed by atoms with Crippen LogP contribution in [0.25, 0.3) is 11.5 Å². The number of carbonyl (C=O) groups is 1. The highest BCUT2D eigenvalue weighted by atomic mass is 16.2. The minimum absolute atomic E-state index is 0.0894.